The molecule has 0 aromatic carbocycles. The summed E-state index contributed by atoms with van der Waals surface area (Å²) in [6.45, 7) is 5.46. The van der Waals surface area contributed by atoms with E-state index >= 15 is 0 Å². The molecule has 0 unspecified atom stereocenters. The van der Waals surface area contributed by atoms with Crippen molar-refractivity contribution >= 4 is 11.9 Å². The number of piperidine rings is 1. The van der Waals surface area contributed by atoms with Gasteiger partial charge < -0.3 is 16.0 Å². The summed E-state index contributed by atoms with van der Waals surface area (Å²) >= 11 is 0. The van der Waals surface area contributed by atoms with Crippen LogP contribution in [0.15, 0.2) is 0 Å². The van der Waals surface area contributed by atoms with Crippen molar-refractivity contribution in [1.82, 2.24) is 25.0 Å². The number of likely N-dealkylation sites (tertiary alicyclic amines) is 1. The zero-order valence-electron chi connectivity index (χ0n) is 12.5. The predicted molar refractivity (Wildman–Crippen MR) is 76.6 cm³/mol. The highest BCUT2D eigenvalue weighted by Crippen LogP contribution is 2.22. The topological polar surface area (TPSA) is 106 Å². The second-order valence-corrected chi connectivity index (χ2v) is 5.33. The van der Waals surface area contributed by atoms with Crippen molar-refractivity contribution in [3.05, 3.63) is 11.6 Å². The first-order valence-corrected chi connectivity index (χ1v) is 7.18. The second-order valence-electron chi connectivity index (χ2n) is 5.33. The molecule has 21 heavy (non-hydrogen) atoms. The van der Waals surface area contributed by atoms with Crippen LogP contribution >= 0.6 is 0 Å². The Morgan fingerprint density at radius 2 is 2.19 bits per heavy atom. The van der Waals surface area contributed by atoms with Gasteiger partial charge in [-0.3, -0.25) is 4.79 Å². The van der Waals surface area contributed by atoms with Gasteiger partial charge in [0, 0.05) is 26.1 Å². The first-order chi connectivity index (χ1) is 9.97. The number of hydrogen-bond donors (Lipinski definition) is 2. The molecule has 2 rings (SSSR count). The molecule has 3 amide bonds. The van der Waals surface area contributed by atoms with Crippen molar-refractivity contribution in [2.24, 2.45) is 5.73 Å². The van der Waals surface area contributed by atoms with E-state index < -0.39 is 6.03 Å². The van der Waals surface area contributed by atoms with Gasteiger partial charge in [0.25, 0.3) is 0 Å². The number of primary amides is 1. The number of amides is 3. The van der Waals surface area contributed by atoms with Gasteiger partial charge in [0.1, 0.15) is 11.6 Å². The van der Waals surface area contributed by atoms with E-state index in [1.165, 1.54) is 0 Å². The van der Waals surface area contributed by atoms with E-state index in [-0.39, 0.29) is 24.9 Å². The Hall–Kier alpha value is -2.12. The lowest BCUT2D eigenvalue weighted by Crippen LogP contribution is -2.42. The maximum absolute atomic E-state index is 12.1. The quantitative estimate of drug-likeness (QED) is 0.822. The molecule has 1 saturated heterocycles. The minimum atomic E-state index is -0.604. The van der Waals surface area contributed by atoms with Crippen molar-refractivity contribution in [3.8, 4) is 0 Å². The van der Waals surface area contributed by atoms with E-state index in [0.717, 1.165) is 31.0 Å². The molecule has 1 aliphatic heterocycles. The fraction of sp³-hybridized carbons (Fsp3) is 0.692. The van der Waals surface area contributed by atoms with Crippen LogP contribution in [0.3, 0.4) is 0 Å². The smallest absolute Gasteiger partial charge is 0.312 e. The van der Waals surface area contributed by atoms with E-state index in [1.54, 1.807) is 0 Å². The minimum absolute atomic E-state index is 0.0305. The lowest BCUT2D eigenvalue weighted by atomic mass is 10.1. The lowest BCUT2D eigenvalue weighted by Gasteiger charge is -2.33. The molecule has 0 bridgehead atoms. The van der Waals surface area contributed by atoms with Gasteiger partial charge in [-0.25, -0.2) is 14.5 Å². The van der Waals surface area contributed by atoms with Crippen molar-refractivity contribution in [2.45, 2.75) is 39.2 Å². The van der Waals surface area contributed by atoms with E-state index in [4.69, 9.17) is 5.73 Å². The monoisotopic (exact) mass is 294 g/mol. The molecular weight excluding hydrogens is 272 g/mol. The molecule has 8 heteroatoms. The largest absolute Gasteiger partial charge is 0.352 e. The standard InChI is InChI=1S/C13H22N6O2/c1-9-16-10(2)19(17-9)11-4-3-7-18(8-11)12(20)5-6-15-13(14)21/h11H,3-8H2,1-2H3,(H3,14,15,21)/t11-/m0/s1. The first kappa shape index (κ1) is 15.3. The fourth-order valence-electron chi connectivity index (χ4n) is 2.71. The van der Waals surface area contributed by atoms with E-state index in [9.17, 15) is 9.59 Å². The molecule has 8 nitrogen and oxygen atoms in total. The van der Waals surface area contributed by atoms with Crippen LogP contribution in [0, 0.1) is 13.8 Å². The van der Waals surface area contributed by atoms with Crippen LogP contribution in [0.5, 0.6) is 0 Å². The molecule has 3 N–H and O–H groups in total. The molecular formula is C13H22N6O2. The van der Waals surface area contributed by atoms with E-state index in [2.05, 4.69) is 15.4 Å². The Morgan fingerprint density at radius 1 is 1.43 bits per heavy atom. The Labute approximate surface area is 123 Å². The molecule has 1 fully saturated rings. The summed E-state index contributed by atoms with van der Waals surface area (Å²) in [5, 5.41) is 6.84. The molecule has 0 saturated carbocycles. The van der Waals surface area contributed by atoms with E-state index in [1.807, 2.05) is 23.4 Å². The Bertz CT molecular complexity index is 527. The van der Waals surface area contributed by atoms with Crippen LogP contribution in [0.4, 0.5) is 4.79 Å². The average Bonchev–Trinajstić information content (AvgIpc) is 2.77. The van der Waals surface area contributed by atoms with Crippen molar-refractivity contribution in [2.75, 3.05) is 19.6 Å². The molecule has 1 atom stereocenters. The zero-order chi connectivity index (χ0) is 15.4. The van der Waals surface area contributed by atoms with Crippen LogP contribution in [0.2, 0.25) is 0 Å². The Kier molecular flexibility index (Phi) is 4.77. The highest BCUT2D eigenvalue weighted by Gasteiger charge is 2.26. The van der Waals surface area contributed by atoms with Gasteiger partial charge >= 0.3 is 6.03 Å². The van der Waals surface area contributed by atoms with Crippen LogP contribution in [0.25, 0.3) is 0 Å². The number of nitrogens with zero attached hydrogens (tertiary/aromatic N) is 4. The van der Waals surface area contributed by atoms with Crippen LogP contribution in [-0.4, -0.2) is 51.2 Å². The number of aromatic nitrogens is 3. The van der Waals surface area contributed by atoms with Gasteiger partial charge in [-0.1, -0.05) is 0 Å². The number of nitrogens with one attached hydrogen (secondary N) is 1. The number of hydrogen-bond acceptors (Lipinski definition) is 4. The third-order valence-corrected chi connectivity index (χ3v) is 3.64. The maximum Gasteiger partial charge on any atom is 0.312 e. The Morgan fingerprint density at radius 3 is 2.81 bits per heavy atom. The van der Waals surface area contributed by atoms with Gasteiger partial charge in [0.2, 0.25) is 5.91 Å². The number of urea groups is 1. The summed E-state index contributed by atoms with van der Waals surface area (Å²) in [6.07, 6.45) is 2.20. The molecule has 116 valence electrons. The number of rotatable bonds is 4. The number of aryl methyl sites for hydroxylation is 2. The normalized spacial score (nSPS) is 18.6. The van der Waals surface area contributed by atoms with Gasteiger partial charge in [-0.2, -0.15) is 5.10 Å². The summed E-state index contributed by atoms with van der Waals surface area (Å²) < 4.78 is 1.91. The van der Waals surface area contributed by atoms with Crippen LogP contribution < -0.4 is 11.1 Å². The van der Waals surface area contributed by atoms with Crippen molar-refractivity contribution in [1.29, 1.82) is 0 Å². The van der Waals surface area contributed by atoms with E-state index in [0.29, 0.717) is 6.54 Å². The predicted octanol–water partition coefficient (Wildman–Crippen LogP) is 0.117. The number of nitrogens with two attached hydrogens (primary N) is 1. The first-order valence-electron chi connectivity index (χ1n) is 7.18. The van der Waals surface area contributed by atoms with Crippen LogP contribution in [0.1, 0.15) is 37.0 Å². The second kappa shape index (κ2) is 6.55. The van der Waals surface area contributed by atoms with Gasteiger partial charge in [0.05, 0.1) is 6.04 Å². The Balaban J connectivity index is 1.92. The van der Waals surface area contributed by atoms with Gasteiger partial charge in [-0.05, 0) is 26.7 Å². The summed E-state index contributed by atoms with van der Waals surface area (Å²) in [6, 6.07) is -0.430. The summed E-state index contributed by atoms with van der Waals surface area (Å²) in [5.41, 5.74) is 4.98. The third-order valence-electron chi connectivity index (χ3n) is 3.64. The molecule has 1 aromatic rings. The molecule has 0 radical (unpaired) electrons. The third kappa shape index (κ3) is 3.93. The maximum atomic E-state index is 12.1. The SMILES string of the molecule is Cc1nc(C)n([C@H]2CCCN(C(=O)CCNC(N)=O)C2)n1. The lowest BCUT2D eigenvalue weighted by molar-refractivity contribution is -0.132. The molecule has 1 aromatic heterocycles. The summed E-state index contributed by atoms with van der Waals surface area (Å²) in [4.78, 5) is 28.9. The molecule has 0 spiro atoms. The molecule has 1 aliphatic rings. The molecule has 0 aliphatic carbocycles. The zero-order valence-corrected chi connectivity index (χ0v) is 12.5. The average molecular weight is 294 g/mol. The summed E-state index contributed by atoms with van der Waals surface area (Å²) in [7, 11) is 0. The number of carbonyl (C=O) groups excluding carboxylic acids is 2. The van der Waals surface area contributed by atoms with Gasteiger partial charge in [0.15, 0.2) is 0 Å². The van der Waals surface area contributed by atoms with Crippen molar-refractivity contribution in [3.63, 3.8) is 0 Å². The summed E-state index contributed by atoms with van der Waals surface area (Å²) in [5.74, 6) is 1.66. The highest BCUT2D eigenvalue weighted by molar-refractivity contribution is 5.77. The fourth-order valence-corrected chi connectivity index (χ4v) is 2.71. The van der Waals surface area contributed by atoms with Gasteiger partial charge in [-0.15, -0.1) is 0 Å². The molecule has 2 heterocycles. The van der Waals surface area contributed by atoms with Crippen LogP contribution in [-0.2, 0) is 4.79 Å². The number of carbonyl (C=O) groups is 2. The minimum Gasteiger partial charge on any atom is -0.352 e. The highest BCUT2D eigenvalue weighted by atomic mass is 16.2. The van der Waals surface area contributed by atoms with Crippen molar-refractivity contribution < 1.29 is 9.59 Å².